The first-order valence-corrected chi connectivity index (χ1v) is 4.28. The molecule has 2 nitrogen and oxygen atoms in total. The Morgan fingerprint density at radius 3 is 2.54 bits per heavy atom. The van der Waals surface area contributed by atoms with E-state index < -0.39 is 5.82 Å². The van der Waals surface area contributed by atoms with E-state index in [0.717, 1.165) is 18.4 Å². The lowest BCUT2D eigenvalue weighted by Crippen LogP contribution is -2.11. The lowest BCUT2D eigenvalue weighted by molar-refractivity contribution is 0.254. The second-order valence-corrected chi connectivity index (χ2v) is 3.60. The molecule has 1 aromatic rings. The van der Waals surface area contributed by atoms with Crippen molar-refractivity contribution in [2.45, 2.75) is 18.3 Å². The third-order valence-corrected chi connectivity index (χ3v) is 2.72. The van der Waals surface area contributed by atoms with Gasteiger partial charge in [-0.05, 0) is 30.5 Å². The lowest BCUT2D eigenvalue weighted by Gasteiger charge is -2.11. The van der Waals surface area contributed by atoms with E-state index in [1.54, 1.807) is 6.07 Å². The molecule has 1 saturated carbocycles. The molecule has 2 rings (SSSR count). The van der Waals surface area contributed by atoms with Crippen molar-refractivity contribution in [3.05, 3.63) is 29.6 Å². The Morgan fingerprint density at radius 2 is 2.08 bits per heavy atom. The van der Waals surface area contributed by atoms with Crippen molar-refractivity contribution in [3.63, 3.8) is 0 Å². The quantitative estimate of drug-likeness (QED) is 0.728. The van der Waals surface area contributed by atoms with Crippen LogP contribution in [0.1, 0.15) is 18.4 Å². The molecule has 0 unspecified atom stereocenters. The summed E-state index contributed by atoms with van der Waals surface area (Å²) in [5.74, 6) is -0.949. The largest absolute Gasteiger partial charge is 0.505 e. The summed E-state index contributed by atoms with van der Waals surface area (Å²) in [6, 6.07) is 4.31. The average molecular weight is 182 g/mol. The van der Waals surface area contributed by atoms with Gasteiger partial charge in [-0.3, -0.25) is 0 Å². The number of aromatic hydroxyl groups is 1. The molecule has 0 aliphatic heterocycles. The summed E-state index contributed by atoms with van der Waals surface area (Å²) < 4.78 is 12.9. The van der Waals surface area contributed by atoms with E-state index in [1.807, 2.05) is 0 Å². The van der Waals surface area contributed by atoms with E-state index in [-0.39, 0.29) is 17.8 Å². The Labute approximate surface area is 75.6 Å². The molecule has 1 fully saturated rings. The molecule has 1 aromatic carbocycles. The predicted molar refractivity (Wildman–Crippen MR) is 46.1 cm³/mol. The molecule has 2 N–H and O–H groups in total. The van der Waals surface area contributed by atoms with Crippen molar-refractivity contribution in [2.75, 3.05) is 6.61 Å². The zero-order valence-corrected chi connectivity index (χ0v) is 7.13. The maximum atomic E-state index is 12.9. The molecular formula is C10H11FO2. The topological polar surface area (TPSA) is 40.5 Å². The summed E-state index contributed by atoms with van der Waals surface area (Å²) in [7, 11) is 0. The van der Waals surface area contributed by atoms with Gasteiger partial charge in [-0.1, -0.05) is 6.07 Å². The minimum atomic E-state index is -0.614. The van der Waals surface area contributed by atoms with Crippen molar-refractivity contribution in [2.24, 2.45) is 0 Å². The molecule has 1 aliphatic rings. The van der Waals surface area contributed by atoms with Crippen LogP contribution in [0.15, 0.2) is 18.2 Å². The molecule has 0 radical (unpaired) electrons. The van der Waals surface area contributed by atoms with E-state index in [2.05, 4.69) is 0 Å². The van der Waals surface area contributed by atoms with E-state index in [0.29, 0.717) is 0 Å². The monoisotopic (exact) mass is 182 g/mol. The lowest BCUT2D eigenvalue weighted by atomic mass is 9.97. The molecule has 0 saturated heterocycles. The smallest absolute Gasteiger partial charge is 0.165 e. The first kappa shape index (κ1) is 8.51. The number of hydrogen-bond acceptors (Lipinski definition) is 2. The van der Waals surface area contributed by atoms with E-state index in [9.17, 15) is 4.39 Å². The fourth-order valence-corrected chi connectivity index (χ4v) is 1.53. The van der Waals surface area contributed by atoms with Gasteiger partial charge in [0.1, 0.15) is 0 Å². The minimum absolute atomic E-state index is 0.0528. The zero-order chi connectivity index (χ0) is 9.47. The third-order valence-electron chi connectivity index (χ3n) is 2.72. The minimum Gasteiger partial charge on any atom is -0.505 e. The first-order valence-electron chi connectivity index (χ1n) is 4.28. The van der Waals surface area contributed by atoms with Gasteiger partial charge < -0.3 is 10.2 Å². The van der Waals surface area contributed by atoms with Crippen molar-refractivity contribution in [3.8, 4) is 5.75 Å². The fraction of sp³-hybridized carbons (Fsp3) is 0.400. The Balaban J connectivity index is 2.37. The van der Waals surface area contributed by atoms with Gasteiger partial charge in [-0.25, -0.2) is 4.39 Å². The summed E-state index contributed by atoms with van der Waals surface area (Å²) in [4.78, 5) is 0. The molecule has 0 bridgehead atoms. The molecule has 3 heteroatoms. The highest BCUT2D eigenvalue weighted by atomic mass is 19.1. The summed E-state index contributed by atoms with van der Waals surface area (Å²) >= 11 is 0. The summed E-state index contributed by atoms with van der Waals surface area (Å²) in [6.07, 6.45) is 1.79. The number of phenols is 1. The number of phenolic OH excluding ortho intramolecular Hbond substituents is 1. The van der Waals surface area contributed by atoms with Gasteiger partial charge in [0.15, 0.2) is 11.6 Å². The van der Waals surface area contributed by atoms with Crippen LogP contribution in [0.4, 0.5) is 4.39 Å². The van der Waals surface area contributed by atoms with Crippen molar-refractivity contribution in [1.29, 1.82) is 0 Å². The summed E-state index contributed by atoms with van der Waals surface area (Å²) in [5, 5.41) is 18.1. The Bertz CT molecular complexity index is 332. The van der Waals surface area contributed by atoms with E-state index >= 15 is 0 Å². The van der Waals surface area contributed by atoms with Gasteiger partial charge in [0.05, 0.1) is 6.61 Å². The number of benzene rings is 1. The first-order chi connectivity index (χ1) is 6.18. The van der Waals surface area contributed by atoms with Crippen LogP contribution in [0.3, 0.4) is 0 Å². The fourth-order valence-electron chi connectivity index (χ4n) is 1.53. The van der Waals surface area contributed by atoms with Crippen molar-refractivity contribution < 1.29 is 14.6 Å². The molecule has 70 valence electrons. The number of aliphatic hydroxyl groups excluding tert-OH is 1. The van der Waals surface area contributed by atoms with Gasteiger partial charge in [-0.15, -0.1) is 0 Å². The van der Waals surface area contributed by atoms with Crippen LogP contribution in [0.5, 0.6) is 5.75 Å². The van der Waals surface area contributed by atoms with Gasteiger partial charge in [-0.2, -0.15) is 0 Å². The standard InChI is InChI=1S/C10H11FO2/c11-8-5-7(1-2-9(8)13)10(6-12)3-4-10/h1-2,5,12-13H,3-4,6H2. The molecule has 13 heavy (non-hydrogen) atoms. The van der Waals surface area contributed by atoms with Crippen LogP contribution < -0.4 is 0 Å². The van der Waals surface area contributed by atoms with Gasteiger partial charge >= 0.3 is 0 Å². The van der Waals surface area contributed by atoms with Gasteiger partial charge in [0.25, 0.3) is 0 Å². The number of aliphatic hydroxyl groups is 1. The molecule has 0 atom stereocenters. The highest BCUT2D eigenvalue weighted by molar-refractivity contribution is 5.36. The molecule has 0 aromatic heterocycles. The molecule has 0 spiro atoms. The highest BCUT2D eigenvalue weighted by Crippen LogP contribution is 2.48. The van der Waals surface area contributed by atoms with Gasteiger partial charge in [0, 0.05) is 5.41 Å². The SMILES string of the molecule is OCC1(c2ccc(O)c(F)c2)CC1. The Kier molecular flexibility index (Phi) is 1.77. The second kappa shape index (κ2) is 2.70. The van der Waals surface area contributed by atoms with Crippen molar-refractivity contribution in [1.82, 2.24) is 0 Å². The summed E-state index contributed by atoms with van der Waals surface area (Å²) in [6.45, 7) is 0.0528. The van der Waals surface area contributed by atoms with Crippen LogP contribution in [0.25, 0.3) is 0 Å². The molecule has 0 heterocycles. The highest BCUT2D eigenvalue weighted by Gasteiger charge is 2.43. The summed E-state index contributed by atoms with van der Waals surface area (Å²) in [5.41, 5.74) is 0.555. The molecule has 1 aliphatic carbocycles. The maximum absolute atomic E-state index is 12.9. The van der Waals surface area contributed by atoms with Crippen LogP contribution in [0.2, 0.25) is 0 Å². The van der Waals surface area contributed by atoms with Crippen LogP contribution >= 0.6 is 0 Å². The normalized spacial score (nSPS) is 18.6. The average Bonchev–Trinajstić information content (AvgIpc) is 2.90. The number of halogens is 1. The third kappa shape index (κ3) is 1.29. The van der Waals surface area contributed by atoms with Gasteiger partial charge in [0.2, 0.25) is 0 Å². The van der Waals surface area contributed by atoms with Crippen molar-refractivity contribution >= 4 is 0 Å². The Morgan fingerprint density at radius 1 is 1.38 bits per heavy atom. The molecular weight excluding hydrogens is 171 g/mol. The van der Waals surface area contributed by atoms with Crippen LogP contribution in [-0.4, -0.2) is 16.8 Å². The predicted octanol–water partition coefficient (Wildman–Crippen LogP) is 1.56. The van der Waals surface area contributed by atoms with E-state index in [1.165, 1.54) is 12.1 Å². The maximum Gasteiger partial charge on any atom is 0.165 e. The van der Waals surface area contributed by atoms with Crippen LogP contribution in [0, 0.1) is 5.82 Å². The number of hydrogen-bond donors (Lipinski definition) is 2. The van der Waals surface area contributed by atoms with Crippen LogP contribution in [-0.2, 0) is 5.41 Å². The molecule has 0 amide bonds. The second-order valence-electron chi connectivity index (χ2n) is 3.60. The van der Waals surface area contributed by atoms with E-state index in [4.69, 9.17) is 10.2 Å². The number of rotatable bonds is 2. The zero-order valence-electron chi connectivity index (χ0n) is 7.13. The Hall–Kier alpha value is -1.09.